The lowest BCUT2D eigenvalue weighted by molar-refractivity contribution is 0.398. The molecule has 1 atom stereocenters. The number of nitrogens with zero attached hydrogens (tertiary/aromatic N) is 1. The molecule has 0 amide bonds. The van der Waals surface area contributed by atoms with Crippen LogP contribution in [0.5, 0.6) is 5.88 Å². The first kappa shape index (κ1) is 13.1. The van der Waals surface area contributed by atoms with Crippen LogP contribution in [0.4, 0.5) is 5.69 Å². The lowest BCUT2D eigenvalue weighted by Crippen LogP contribution is -2.32. The minimum absolute atomic E-state index is 0.0497. The summed E-state index contributed by atoms with van der Waals surface area (Å²) in [5.41, 5.74) is 0.453. The number of sulfonamides is 1. The highest BCUT2D eigenvalue weighted by atomic mass is 32.2. The molecule has 0 saturated carbocycles. The molecule has 1 unspecified atom stereocenters. The van der Waals surface area contributed by atoms with E-state index in [1.54, 1.807) is 12.1 Å². The third-order valence-corrected chi connectivity index (χ3v) is 4.19. The predicted octanol–water partition coefficient (Wildman–Crippen LogP) is 0.584. The fraction of sp³-hybridized carbons (Fsp3) is 0.545. The predicted molar refractivity (Wildman–Crippen MR) is 69.2 cm³/mol. The first-order chi connectivity index (χ1) is 8.59. The molecule has 2 rings (SSSR count). The van der Waals surface area contributed by atoms with E-state index in [-0.39, 0.29) is 11.8 Å². The van der Waals surface area contributed by atoms with Gasteiger partial charge < -0.3 is 10.1 Å². The molecule has 0 bridgehead atoms. The van der Waals surface area contributed by atoms with Crippen molar-refractivity contribution in [1.29, 1.82) is 0 Å². The van der Waals surface area contributed by atoms with Crippen LogP contribution >= 0.6 is 0 Å². The van der Waals surface area contributed by atoms with Gasteiger partial charge in [-0.3, -0.25) is 4.72 Å². The van der Waals surface area contributed by atoms with Crippen LogP contribution in [0.1, 0.15) is 12.8 Å². The van der Waals surface area contributed by atoms with Gasteiger partial charge in [0.05, 0.1) is 24.7 Å². The Hall–Kier alpha value is -1.34. The van der Waals surface area contributed by atoms with Crippen molar-refractivity contribution in [2.75, 3.05) is 24.1 Å². The van der Waals surface area contributed by atoms with Crippen molar-refractivity contribution in [2.45, 2.75) is 18.9 Å². The van der Waals surface area contributed by atoms with Gasteiger partial charge in [0.1, 0.15) is 0 Å². The zero-order valence-electron chi connectivity index (χ0n) is 10.2. The van der Waals surface area contributed by atoms with E-state index in [1.165, 1.54) is 13.3 Å². The van der Waals surface area contributed by atoms with E-state index in [2.05, 4.69) is 15.0 Å². The molecule has 2 N–H and O–H groups in total. The number of hydrogen-bond acceptors (Lipinski definition) is 5. The number of rotatable bonds is 5. The van der Waals surface area contributed by atoms with Crippen LogP contribution in [0.15, 0.2) is 18.3 Å². The van der Waals surface area contributed by atoms with Crippen LogP contribution in [0.3, 0.4) is 0 Å². The van der Waals surface area contributed by atoms with Crippen molar-refractivity contribution in [3.8, 4) is 5.88 Å². The molecule has 0 aromatic carbocycles. The van der Waals surface area contributed by atoms with Gasteiger partial charge in [-0.2, -0.15) is 0 Å². The van der Waals surface area contributed by atoms with Gasteiger partial charge in [-0.05, 0) is 25.5 Å². The van der Waals surface area contributed by atoms with Crippen molar-refractivity contribution >= 4 is 15.7 Å². The molecule has 18 heavy (non-hydrogen) atoms. The summed E-state index contributed by atoms with van der Waals surface area (Å²) in [4.78, 5) is 3.95. The average molecular weight is 271 g/mol. The monoisotopic (exact) mass is 271 g/mol. The van der Waals surface area contributed by atoms with Crippen LogP contribution in [0, 0.1) is 0 Å². The van der Waals surface area contributed by atoms with Gasteiger partial charge in [-0.15, -0.1) is 0 Å². The molecule has 1 aromatic rings. The highest BCUT2D eigenvalue weighted by molar-refractivity contribution is 7.92. The molecular formula is C11H17N3O3S. The number of ether oxygens (including phenoxy) is 1. The first-order valence-corrected chi connectivity index (χ1v) is 7.48. The average Bonchev–Trinajstić information content (AvgIpc) is 2.81. The number of hydrogen-bond donors (Lipinski definition) is 2. The zero-order chi connectivity index (χ0) is 13.0. The molecular weight excluding hydrogens is 254 g/mol. The van der Waals surface area contributed by atoms with Gasteiger partial charge >= 0.3 is 0 Å². The number of anilines is 1. The second-order valence-electron chi connectivity index (χ2n) is 4.27. The van der Waals surface area contributed by atoms with Crippen molar-refractivity contribution in [3.63, 3.8) is 0 Å². The minimum atomic E-state index is -3.33. The Morgan fingerprint density at radius 2 is 2.39 bits per heavy atom. The lowest BCUT2D eigenvalue weighted by atomic mass is 10.3. The second-order valence-corrected chi connectivity index (χ2v) is 6.03. The topological polar surface area (TPSA) is 80.3 Å². The normalized spacial score (nSPS) is 19.7. The quantitative estimate of drug-likeness (QED) is 0.819. The van der Waals surface area contributed by atoms with Crippen molar-refractivity contribution in [1.82, 2.24) is 10.3 Å². The third-order valence-electron chi connectivity index (χ3n) is 2.80. The van der Waals surface area contributed by atoms with Crippen LogP contribution in [0.2, 0.25) is 0 Å². The van der Waals surface area contributed by atoms with Gasteiger partial charge in [-0.1, -0.05) is 0 Å². The van der Waals surface area contributed by atoms with Gasteiger partial charge in [0.25, 0.3) is 0 Å². The summed E-state index contributed by atoms with van der Waals surface area (Å²) >= 11 is 0. The molecule has 1 fully saturated rings. The fourth-order valence-electron chi connectivity index (χ4n) is 1.95. The Kier molecular flexibility index (Phi) is 4.03. The maximum atomic E-state index is 11.9. The zero-order valence-corrected chi connectivity index (χ0v) is 11.0. The first-order valence-electron chi connectivity index (χ1n) is 5.83. The Morgan fingerprint density at radius 1 is 1.56 bits per heavy atom. The smallest absolute Gasteiger partial charge is 0.234 e. The molecule has 1 aliphatic rings. The van der Waals surface area contributed by atoms with Gasteiger partial charge in [0, 0.05) is 12.1 Å². The Balaban J connectivity index is 1.97. The maximum absolute atomic E-state index is 11.9. The van der Waals surface area contributed by atoms with Crippen molar-refractivity contribution in [2.24, 2.45) is 0 Å². The largest absolute Gasteiger partial charge is 0.481 e. The molecule has 0 radical (unpaired) electrons. The van der Waals surface area contributed by atoms with E-state index < -0.39 is 10.0 Å². The standard InChI is InChI=1S/C11H17N3O3S/c1-17-11-5-4-9(7-13-11)14-18(15,16)8-10-3-2-6-12-10/h4-5,7,10,12,14H,2-3,6,8H2,1H3. The van der Waals surface area contributed by atoms with Gasteiger partial charge in [-0.25, -0.2) is 13.4 Å². The number of nitrogens with one attached hydrogen (secondary N) is 2. The van der Waals surface area contributed by atoms with E-state index in [0.717, 1.165) is 19.4 Å². The van der Waals surface area contributed by atoms with Crippen LogP contribution < -0.4 is 14.8 Å². The molecule has 0 spiro atoms. The Bertz CT molecular complexity index is 481. The van der Waals surface area contributed by atoms with E-state index in [9.17, 15) is 8.42 Å². The summed E-state index contributed by atoms with van der Waals surface area (Å²) in [5.74, 6) is 0.550. The SMILES string of the molecule is COc1ccc(NS(=O)(=O)CC2CCCN2)cn1. The molecule has 7 heteroatoms. The lowest BCUT2D eigenvalue weighted by Gasteiger charge is -2.12. The number of pyridine rings is 1. The molecule has 1 saturated heterocycles. The summed E-state index contributed by atoms with van der Waals surface area (Å²) in [7, 11) is -1.82. The summed E-state index contributed by atoms with van der Waals surface area (Å²) < 4.78 is 31.2. The molecule has 1 aromatic heterocycles. The Morgan fingerprint density at radius 3 is 2.94 bits per heavy atom. The summed E-state index contributed by atoms with van der Waals surface area (Å²) in [6, 6.07) is 3.30. The fourth-order valence-corrected chi connectivity index (χ4v) is 3.32. The summed E-state index contributed by atoms with van der Waals surface area (Å²) in [6.45, 7) is 0.893. The molecule has 2 heterocycles. The van der Waals surface area contributed by atoms with Crippen LogP contribution in [-0.2, 0) is 10.0 Å². The van der Waals surface area contributed by atoms with Crippen LogP contribution in [0.25, 0.3) is 0 Å². The van der Waals surface area contributed by atoms with E-state index in [4.69, 9.17) is 4.74 Å². The molecule has 6 nitrogen and oxygen atoms in total. The van der Waals surface area contributed by atoms with Crippen molar-refractivity contribution in [3.05, 3.63) is 18.3 Å². The maximum Gasteiger partial charge on any atom is 0.234 e. The Labute approximate surface area is 107 Å². The van der Waals surface area contributed by atoms with E-state index >= 15 is 0 Å². The van der Waals surface area contributed by atoms with Gasteiger partial charge in [0.2, 0.25) is 15.9 Å². The van der Waals surface area contributed by atoms with Crippen molar-refractivity contribution < 1.29 is 13.2 Å². The molecule has 100 valence electrons. The third kappa shape index (κ3) is 3.58. The summed E-state index contributed by atoms with van der Waals surface area (Å²) in [5, 5.41) is 3.16. The highest BCUT2D eigenvalue weighted by Crippen LogP contribution is 2.14. The molecule has 1 aliphatic heterocycles. The van der Waals surface area contributed by atoms with Gasteiger partial charge in [0.15, 0.2) is 0 Å². The van der Waals surface area contributed by atoms with E-state index in [0.29, 0.717) is 11.6 Å². The summed E-state index contributed by atoms with van der Waals surface area (Å²) in [6.07, 6.45) is 3.38. The van der Waals surface area contributed by atoms with E-state index in [1.807, 2.05) is 0 Å². The molecule has 0 aliphatic carbocycles. The van der Waals surface area contributed by atoms with Crippen LogP contribution in [-0.4, -0.2) is 38.9 Å². The second kappa shape index (κ2) is 5.53. The number of methoxy groups -OCH3 is 1. The minimum Gasteiger partial charge on any atom is -0.481 e. The highest BCUT2D eigenvalue weighted by Gasteiger charge is 2.21. The number of aromatic nitrogens is 1.